The molecule has 4 aromatic rings. The first kappa shape index (κ1) is 21.0. The number of anilines is 2. The second kappa shape index (κ2) is 8.84. The van der Waals surface area contributed by atoms with Crippen molar-refractivity contribution in [2.75, 3.05) is 17.2 Å². The highest BCUT2D eigenvalue weighted by Crippen LogP contribution is 2.23. The Morgan fingerprint density at radius 2 is 1.84 bits per heavy atom. The lowest BCUT2D eigenvalue weighted by Crippen LogP contribution is -2.22. The van der Waals surface area contributed by atoms with Crippen molar-refractivity contribution in [3.05, 3.63) is 77.9 Å². The zero-order valence-electron chi connectivity index (χ0n) is 17.4. The Bertz CT molecular complexity index is 1320. The maximum atomic E-state index is 13.7. The van der Waals surface area contributed by atoms with Crippen molar-refractivity contribution in [1.82, 2.24) is 14.8 Å². The number of nitrogens with zero attached hydrogens (tertiary/aromatic N) is 3. The predicted molar refractivity (Wildman–Crippen MR) is 118 cm³/mol. The molecule has 32 heavy (non-hydrogen) atoms. The summed E-state index contributed by atoms with van der Waals surface area (Å²) in [6, 6.07) is 14.2. The third-order valence-corrected chi connectivity index (χ3v) is 4.76. The molecule has 162 valence electrons. The summed E-state index contributed by atoms with van der Waals surface area (Å²) in [6.45, 7) is 1.48. The molecule has 2 amide bonds. The van der Waals surface area contributed by atoms with Gasteiger partial charge in [-0.2, -0.15) is 5.10 Å². The van der Waals surface area contributed by atoms with Gasteiger partial charge in [-0.05, 0) is 37.3 Å². The van der Waals surface area contributed by atoms with Crippen LogP contribution in [0.15, 0.2) is 60.8 Å². The molecule has 0 saturated carbocycles. The Labute approximate surface area is 183 Å². The number of nitrogens with one attached hydrogen (secondary N) is 2. The van der Waals surface area contributed by atoms with Crippen LogP contribution in [0.4, 0.5) is 15.8 Å². The molecule has 2 aromatic carbocycles. The molecule has 9 heteroatoms. The molecule has 0 radical (unpaired) electrons. The summed E-state index contributed by atoms with van der Waals surface area (Å²) in [5.41, 5.74) is 2.32. The molecule has 2 aromatic heterocycles. The lowest BCUT2D eigenvalue weighted by atomic mass is 10.2. The molecule has 0 aliphatic carbocycles. The van der Waals surface area contributed by atoms with Crippen LogP contribution in [0, 0.1) is 12.7 Å². The van der Waals surface area contributed by atoms with E-state index in [2.05, 4.69) is 20.7 Å². The number of carbonyl (C=O) groups excluding carboxylic acids is 2. The molecule has 0 aliphatic heterocycles. The van der Waals surface area contributed by atoms with E-state index in [4.69, 9.17) is 4.74 Å². The number of ether oxygens (including phenoxy) is 1. The monoisotopic (exact) mass is 433 g/mol. The molecule has 0 fully saturated rings. The summed E-state index contributed by atoms with van der Waals surface area (Å²) in [5.74, 6) is -1.29. The highest BCUT2D eigenvalue weighted by molar-refractivity contribution is 6.06. The second-order valence-electron chi connectivity index (χ2n) is 7.07. The number of aromatic nitrogens is 3. The zero-order chi connectivity index (χ0) is 22.7. The summed E-state index contributed by atoms with van der Waals surface area (Å²) in [7, 11) is 1.80. The van der Waals surface area contributed by atoms with E-state index in [1.165, 1.54) is 18.2 Å². The van der Waals surface area contributed by atoms with Crippen molar-refractivity contribution < 1.29 is 18.7 Å². The molecule has 0 saturated heterocycles. The van der Waals surface area contributed by atoms with Crippen molar-refractivity contribution in [2.45, 2.75) is 6.92 Å². The highest BCUT2D eigenvalue weighted by atomic mass is 19.1. The Hall–Kier alpha value is -4.27. The first-order valence-electron chi connectivity index (χ1n) is 9.79. The predicted octanol–water partition coefficient (Wildman–Crippen LogP) is 3.69. The van der Waals surface area contributed by atoms with Gasteiger partial charge in [0.25, 0.3) is 11.8 Å². The molecule has 2 heterocycles. The van der Waals surface area contributed by atoms with Crippen molar-refractivity contribution in [2.24, 2.45) is 7.05 Å². The van der Waals surface area contributed by atoms with E-state index in [1.54, 1.807) is 54.3 Å². The van der Waals surface area contributed by atoms with E-state index in [0.29, 0.717) is 11.3 Å². The maximum absolute atomic E-state index is 13.7. The van der Waals surface area contributed by atoms with Gasteiger partial charge in [0.1, 0.15) is 11.6 Å². The van der Waals surface area contributed by atoms with Gasteiger partial charge in [0.2, 0.25) is 0 Å². The number of halogens is 1. The van der Waals surface area contributed by atoms with Crippen LogP contribution >= 0.6 is 0 Å². The summed E-state index contributed by atoms with van der Waals surface area (Å²) < 4.78 is 20.9. The van der Waals surface area contributed by atoms with E-state index < -0.39 is 17.6 Å². The van der Waals surface area contributed by atoms with Crippen molar-refractivity contribution >= 4 is 34.2 Å². The Morgan fingerprint density at radius 1 is 1.09 bits per heavy atom. The van der Waals surface area contributed by atoms with Crippen LogP contribution < -0.4 is 15.4 Å². The van der Waals surface area contributed by atoms with Crippen LogP contribution in [-0.2, 0) is 11.8 Å². The number of fused-ring (bicyclic) bond motifs is 1. The van der Waals surface area contributed by atoms with Crippen molar-refractivity contribution in [3.8, 4) is 5.75 Å². The van der Waals surface area contributed by atoms with Gasteiger partial charge in [-0.15, -0.1) is 0 Å². The molecule has 8 nitrogen and oxygen atoms in total. The van der Waals surface area contributed by atoms with Gasteiger partial charge in [-0.1, -0.05) is 24.3 Å². The fraction of sp³-hybridized carbons (Fsp3) is 0.130. The van der Waals surface area contributed by atoms with Crippen LogP contribution in [0.2, 0.25) is 0 Å². The smallest absolute Gasteiger partial charge is 0.262 e. The van der Waals surface area contributed by atoms with Gasteiger partial charge in [-0.3, -0.25) is 14.3 Å². The van der Waals surface area contributed by atoms with Crippen LogP contribution in [0.5, 0.6) is 5.75 Å². The van der Waals surface area contributed by atoms with Crippen LogP contribution in [0.1, 0.15) is 16.1 Å². The minimum absolute atomic E-state index is 0.0562. The van der Waals surface area contributed by atoms with Gasteiger partial charge in [0.05, 0.1) is 28.8 Å². The summed E-state index contributed by atoms with van der Waals surface area (Å²) >= 11 is 0. The molecule has 0 unspecified atom stereocenters. The molecule has 0 aliphatic rings. The van der Waals surface area contributed by atoms with Gasteiger partial charge < -0.3 is 15.4 Å². The molecular formula is C23H20FN5O3. The lowest BCUT2D eigenvalue weighted by molar-refractivity contribution is -0.118. The van der Waals surface area contributed by atoms with Gasteiger partial charge in [0, 0.05) is 12.4 Å². The number of aryl methyl sites for hydroxylation is 2. The maximum Gasteiger partial charge on any atom is 0.262 e. The van der Waals surface area contributed by atoms with E-state index >= 15 is 0 Å². The normalized spacial score (nSPS) is 10.7. The standard InChI is InChI=1S/C23H20FN5O3/c1-14-17-11-15(12-25-22(17)29(2)28-14)26-23(31)16-7-3-6-10-20(16)32-13-21(30)27-19-9-5-4-8-18(19)24/h3-12H,13H2,1-2H3,(H,26,31)(H,27,30). The third kappa shape index (κ3) is 4.41. The molecule has 0 atom stereocenters. The minimum atomic E-state index is -0.549. The SMILES string of the molecule is Cc1nn(C)c2ncc(NC(=O)c3ccccc3OCC(=O)Nc3ccccc3F)cc12. The first-order chi connectivity index (χ1) is 15.4. The zero-order valence-corrected chi connectivity index (χ0v) is 17.4. The average molecular weight is 433 g/mol. The number of amides is 2. The summed E-state index contributed by atoms with van der Waals surface area (Å²) in [6.07, 6.45) is 1.55. The second-order valence-corrected chi connectivity index (χ2v) is 7.07. The molecule has 0 bridgehead atoms. The average Bonchev–Trinajstić information content (AvgIpc) is 3.07. The quantitative estimate of drug-likeness (QED) is 0.483. The van der Waals surface area contributed by atoms with E-state index in [-0.39, 0.29) is 23.6 Å². The van der Waals surface area contributed by atoms with Crippen LogP contribution in [0.3, 0.4) is 0 Å². The first-order valence-corrected chi connectivity index (χ1v) is 9.79. The van der Waals surface area contributed by atoms with Gasteiger partial charge in [-0.25, -0.2) is 9.37 Å². The summed E-state index contributed by atoms with van der Waals surface area (Å²) in [4.78, 5) is 29.3. The van der Waals surface area contributed by atoms with Crippen molar-refractivity contribution in [3.63, 3.8) is 0 Å². The molecule has 2 N–H and O–H groups in total. The fourth-order valence-corrected chi connectivity index (χ4v) is 3.25. The summed E-state index contributed by atoms with van der Waals surface area (Å²) in [5, 5.41) is 10.4. The van der Waals surface area contributed by atoms with E-state index in [9.17, 15) is 14.0 Å². The number of carbonyl (C=O) groups is 2. The molecular weight excluding hydrogens is 413 g/mol. The topological polar surface area (TPSA) is 98.1 Å². The van der Waals surface area contributed by atoms with Crippen LogP contribution in [0.25, 0.3) is 11.0 Å². The molecule has 0 spiro atoms. The largest absolute Gasteiger partial charge is 0.483 e. The fourth-order valence-electron chi connectivity index (χ4n) is 3.25. The van der Waals surface area contributed by atoms with Crippen molar-refractivity contribution in [1.29, 1.82) is 0 Å². The number of hydrogen-bond donors (Lipinski definition) is 2. The number of benzene rings is 2. The Balaban J connectivity index is 1.46. The Kier molecular flexibility index (Phi) is 5.80. The Morgan fingerprint density at radius 3 is 2.66 bits per heavy atom. The number of rotatable bonds is 6. The minimum Gasteiger partial charge on any atom is -0.483 e. The molecule has 4 rings (SSSR count). The van der Waals surface area contributed by atoms with Crippen LogP contribution in [-0.4, -0.2) is 33.2 Å². The van der Waals surface area contributed by atoms with E-state index in [0.717, 1.165) is 11.1 Å². The van der Waals surface area contributed by atoms with Gasteiger partial charge >= 0.3 is 0 Å². The lowest BCUT2D eigenvalue weighted by Gasteiger charge is -2.12. The van der Waals surface area contributed by atoms with E-state index in [1.807, 2.05) is 6.92 Å². The number of para-hydroxylation sites is 2. The number of pyridine rings is 1. The third-order valence-electron chi connectivity index (χ3n) is 4.76. The van der Waals surface area contributed by atoms with Gasteiger partial charge in [0.15, 0.2) is 12.3 Å². The number of hydrogen-bond acceptors (Lipinski definition) is 5. The highest BCUT2D eigenvalue weighted by Gasteiger charge is 2.15.